The topological polar surface area (TPSA) is 152 Å². The highest BCUT2D eigenvalue weighted by molar-refractivity contribution is 5.93. The van der Waals surface area contributed by atoms with Gasteiger partial charge in [-0.1, -0.05) is 0 Å². The molecule has 2 saturated heterocycles. The zero-order chi connectivity index (χ0) is 21.7. The number of aromatic nitrogens is 2. The zero-order valence-corrected chi connectivity index (χ0v) is 16.7. The summed E-state index contributed by atoms with van der Waals surface area (Å²) in [7, 11) is 0. The predicted octanol–water partition coefficient (Wildman–Crippen LogP) is -2.19. The van der Waals surface area contributed by atoms with Crippen molar-refractivity contribution in [2.75, 3.05) is 46.0 Å². The van der Waals surface area contributed by atoms with Crippen molar-refractivity contribution in [2.45, 2.75) is 31.8 Å². The minimum Gasteiger partial charge on any atom is -0.460 e. The van der Waals surface area contributed by atoms with Crippen LogP contribution in [0.15, 0.2) is 15.8 Å². The molecule has 3 N–H and O–H groups in total. The lowest BCUT2D eigenvalue weighted by Crippen LogP contribution is -2.43. The molecular formula is C18H26N4O8. The molecular weight excluding hydrogens is 400 g/mol. The summed E-state index contributed by atoms with van der Waals surface area (Å²) >= 11 is 0. The minimum absolute atomic E-state index is 0.0921. The van der Waals surface area contributed by atoms with Gasteiger partial charge in [0.25, 0.3) is 11.5 Å². The number of nitrogens with one attached hydrogen (secondary N) is 2. The van der Waals surface area contributed by atoms with E-state index >= 15 is 0 Å². The summed E-state index contributed by atoms with van der Waals surface area (Å²) in [5, 5.41) is 12.1. The number of amides is 1. The van der Waals surface area contributed by atoms with Crippen LogP contribution in [0.3, 0.4) is 0 Å². The molecule has 12 nitrogen and oxygen atoms in total. The number of aliphatic hydroxyl groups excluding tert-OH is 1. The number of nitrogens with zero attached hydrogens (tertiary/aromatic N) is 2. The molecule has 3 atom stereocenters. The Morgan fingerprint density at radius 1 is 1.33 bits per heavy atom. The first kappa shape index (κ1) is 22.2. The number of morpholine rings is 1. The average molecular weight is 426 g/mol. The molecule has 2 aliphatic heterocycles. The second-order valence-corrected chi connectivity index (χ2v) is 7.11. The van der Waals surface area contributed by atoms with Crippen LogP contribution in [0.1, 0.15) is 29.9 Å². The summed E-state index contributed by atoms with van der Waals surface area (Å²) in [6.45, 7) is 4.59. The van der Waals surface area contributed by atoms with Gasteiger partial charge < -0.3 is 24.6 Å². The molecule has 166 valence electrons. The number of aliphatic hydroxyl groups is 1. The molecule has 30 heavy (non-hydrogen) atoms. The molecule has 1 aromatic heterocycles. The number of rotatable bonds is 7. The van der Waals surface area contributed by atoms with E-state index in [1.165, 1.54) is 6.92 Å². The third kappa shape index (κ3) is 5.33. The zero-order valence-electron chi connectivity index (χ0n) is 16.7. The molecule has 3 heterocycles. The lowest BCUT2D eigenvalue weighted by Gasteiger charge is -2.26. The minimum atomic E-state index is -0.907. The molecule has 0 bridgehead atoms. The molecule has 1 aromatic rings. The Morgan fingerprint density at radius 3 is 2.73 bits per heavy atom. The van der Waals surface area contributed by atoms with Crippen LogP contribution < -0.4 is 16.6 Å². The van der Waals surface area contributed by atoms with Crippen LogP contribution in [0.4, 0.5) is 0 Å². The van der Waals surface area contributed by atoms with Crippen molar-refractivity contribution in [3.8, 4) is 0 Å². The average Bonchev–Trinajstić information content (AvgIpc) is 3.10. The van der Waals surface area contributed by atoms with Gasteiger partial charge in [0.05, 0.1) is 19.8 Å². The quantitative estimate of drug-likeness (QED) is 0.413. The van der Waals surface area contributed by atoms with Crippen molar-refractivity contribution in [1.82, 2.24) is 19.8 Å². The summed E-state index contributed by atoms with van der Waals surface area (Å²) < 4.78 is 17.0. The second kappa shape index (κ2) is 9.98. The fourth-order valence-corrected chi connectivity index (χ4v) is 3.48. The van der Waals surface area contributed by atoms with E-state index in [1.54, 1.807) is 0 Å². The van der Waals surface area contributed by atoms with Crippen molar-refractivity contribution in [3.05, 3.63) is 32.6 Å². The molecule has 0 saturated carbocycles. The van der Waals surface area contributed by atoms with E-state index in [0.29, 0.717) is 26.3 Å². The Balaban J connectivity index is 1.69. The van der Waals surface area contributed by atoms with Gasteiger partial charge in [-0.05, 0) is 0 Å². The van der Waals surface area contributed by atoms with Gasteiger partial charge in [-0.25, -0.2) is 4.79 Å². The maximum absolute atomic E-state index is 12.5. The molecule has 3 rings (SSSR count). The van der Waals surface area contributed by atoms with E-state index in [-0.39, 0.29) is 12.0 Å². The van der Waals surface area contributed by atoms with Crippen LogP contribution in [0, 0.1) is 0 Å². The lowest BCUT2D eigenvalue weighted by atomic mass is 10.2. The van der Waals surface area contributed by atoms with Gasteiger partial charge in [0.15, 0.2) is 0 Å². The number of aromatic amines is 1. The van der Waals surface area contributed by atoms with E-state index in [1.807, 2.05) is 0 Å². The highest BCUT2D eigenvalue weighted by atomic mass is 16.6. The van der Waals surface area contributed by atoms with Crippen molar-refractivity contribution >= 4 is 11.9 Å². The van der Waals surface area contributed by atoms with Crippen LogP contribution in [0.5, 0.6) is 0 Å². The smallest absolute Gasteiger partial charge is 0.330 e. The SMILES string of the molecule is CC(=O)O[C@H]1C[C@H](n2cc(C(=O)NCCN3CCOCC3)c(=O)[nH]c2=O)O[C@@H]1CO. The monoisotopic (exact) mass is 426 g/mol. The Morgan fingerprint density at radius 2 is 2.07 bits per heavy atom. The third-order valence-corrected chi connectivity index (χ3v) is 5.02. The largest absolute Gasteiger partial charge is 0.460 e. The molecule has 0 radical (unpaired) electrons. The summed E-state index contributed by atoms with van der Waals surface area (Å²) in [5.41, 5.74) is -1.82. The third-order valence-electron chi connectivity index (χ3n) is 5.02. The molecule has 1 amide bonds. The van der Waals surface area contributed by atoms with E-state index in [0.717, 1.165) is 23.9 Å². The van der Waals surface area contributed by atoms with Crippen molar-refractivity contribution in [3.63, 3.8) is 0 Å². The van der Waals surface area contributed by atoms with Crippen molar-refractivity contribution in [2.24, 2.45) is 0 Å². The molecule has 0 spiro atoms. The number of carbonyl (C=O) groups is 2. The van der Waals surface area contributed by atoms with Crippen LogP contribution in [0.2, 0.25) is 0 Å². The van der Waals surface area contributed by atoms with Gasteiger partial charge >= 0.3 is 11.7 Å². The van der Waals surface area contributed by atoms with Crippen LogP contribution in [-0.4, -0.2) is 89.6 Å². The second-order valence-electron chi connectivity index (χ2n) is 7.11. The Hall–Kier alpha value is -2.54. The molecule has 0 aliphatic carbocycles. The molecule has 12 heteroatoms. The molecule has 0 aromatic carbocycles. The fraction of sp³-hybridized carbons (Fsp3) is 0.667. The van der Waals surface area contributed by atoms with Crippen molar-refractivity contribution < 1.29 is 28.9 Å². The Kier molecular flexibility index (Phi) is 7.37. The first-order chi connectivity index (χ1) is 14.4. The highest BCUT2D eigenvalue weighted by Crippen LogP contribution is 2.29. The standard InChI is InChI=1S/C18H26N4O8/c1-11(24)29-13-8-15(30-14(13)10-23)22-9-12(17(26)20-18(22)27)16(25)19-2-3-21-4-6-28-7-5-21/h9,13-15,23H,2-8,10H2,1H3,(H,19,25)(H,20,26,27)/t13-,14+,15+/m0/s1. The Labute approximate surface area is 171 Å². The number of esters is 1. The van der Waals surface area contributed by atoms with E-state index in [9.17, 15) is 24.3 Å². The highest BCUT2D eigenvalue weighted by Gasteiger charge is 2.38. The maximum atomic E-state index is 12.5. The van der Waals surface area contributed by atoms with E-state index < -0.39 is 48.2 Å². The molecule has 2 fully saturated rings. The number of hydrogen-bond donors (Lipinski definition) is 3. The molecule has 2 aliphatic rings. The van der Waals surface area contributed by atoms with E-state index in [4.69, 9.17) is 14.2 Å². The van der Waals surface area contributed by atoms with Crippen LogP contribution in [0.25, 0.3) is 0 Å². The summed E-state index contributed by atoms with van der Waals surface area (Å²) in [6.07, 6.45) is -1.25. The van der Waals surface area contributed by atoms with Gasteiger partial charge in [-0.15, -0.1) is 0 Å². The number of hydrogen-bond acceptors (Lipinski definition) is 9. The predicted molar refractivity (Wildman–Crippen MR) is 102 cm³/mol. The van der Waals surface area contributed by atoms with E-state index in [2.05, 4.69) is 15.2 Å². The van der Waals surface area contributed by atoms with Gasteiger partial charge in [-0.3, -0.25) is 28.8 Å². The summed E-state index contributed by atoms with van der Waals surface area (Å²) in [4.78, 5) is 52.3. The first-order valence-corrected chi connectivity index (χ1v) is 9.76. The normalized spacial score (nSPS) is 24.5. The van der Waals surface area contributed by atoms with Gasteiger partial charge in [0, 0.05) is 45.7 Å². The Bertz CT molecular complexity index is 876. The van der Waals surface area contributed by atoms with Gasteiger partial charge in [0.2, 0.25) is 0 Å². The lowest BCUT2D eigenvalue weighted by molar-refractivity contribution is -0.150. The van der Waals surface area contributed by atoms with Gasteiger partial charge in [-0.2, -0.15) is 0 Å². The number of ether oxygens (including phenoxy) is 3. The number of carbonyl (C=O) groups excluding carboxylic acids is 2. The van der Waals surface area contributed by atoms with Crippen LogP contribution >= 0.6 is 0 Å². The fourth-order valence-electron chi connectivity index (χ4n) is 3.48. The summed E-state index contributed by atoms with van der Waals surface area (Å²) in [5.74, 6) is -1.16. The van der Waals surface area contributed by atoms with Crippen molar-refractivity contribution in [1.29, 1.82) is 0 Å². The maximum Gasteiger partial charge on any atom is 0.330 e. The summed E-state index contributed by atoms with van der Waals surface area (Å²) in [6, 6.07) is 0. The number of H-pyrrole nitrogens is 1. The van der Waals surface area contributed by atoms with Gasteiger partial charge in [0.1, 0.15) is 24.0 Å². The first-order valence-electron chi connectivity index (χ1n) is 9.76. The van der Waals surface area contributed by atoms with Crippen LogP contribution in [-0.2, 0) is 19.0 Å². The molecule has 0 unspecified atom stereocenters.